The van der Waals surface area contributed by atoms with E-state index in [1.54, 1.807) is 0 Å². The summed E-state index contributed by atoms with van der Waals surface area (Å²) in [5.74, 6) is -0.170. The number of quaternary nitrogens is 1. The zero-order valence-electron chi connectivity index (χ0n) is 43.0. The van der Waals surface area contributed by atoms with Crippen LogP contribution in [0.1, 0.15) is 226 Å². The third kappa shape index (κ3) is 49.7. The van der Waals surface area contributed by atoms with Gasteiger partial charge in [-0.2, -0.15) is 0 Å². The molecule has 0 aromatic rings. The summed E-state index contributed by atoms with van der Waals surface area (Å²) < 4.78 is 23.7. The third-order valence-electron chi connectivity index (χ3n) is 11.7. The van der Waals surface area contributed by atoms with Crippen LogP contribution in [-0.2, 0) is 18.4 Å². The fourth-order valence-corrected chi connectivity index (χ4v) is 8.26. The minimum Gasteiger partial charge on any atom is -0.391 e. The molecule has 0 radical (unpaired) electrons. The second kappa shape index (κ2) is 47.0. The zero-order valence-corrected chi connectivity index (χ0v) is 43.9. The van der Waals surface area contributed by atoms with Crippen LogP contribution in [0, 0.1) is 0 Å². The zero-order chi connectivity index (χ0) is 47.8. The smallest absolute Gasteiger partial charge is 0.391 e. The Kier molecular flexibility index (Phi) is 45.5. The average Bonchev–Trinajstić information content (AvgIpc) is 3.26. The van der Waals surface area contributed by atoms with E-state index in [9.17, 15) is 19.4 Å². The normalized spacial score (nSPS) is 14.6. The van der Waals surface area contributed by atoms with Gasteiger partial charge in [0.25, 0.3) is 0 Å². The number of carbonyl (C=O) groups is 1. The lowest BCUT2D eigenvalue weighted by molar-refractivity contribution is -0.870. The number of unbranched alkanes of at least 4 members (excludes halogenated alkanes) is 23. The molecule has 3 unspecified atom stereocenters. The second-order valence-electron chi connectivity index (χ2n) is 19.2. The molecular formula is C56H104N2O6P+. The topological polar surface area (TPSA) is 105 Å². The van der Waals surface area contributed by atoms with Gasteiger partial charge in [0.1, 0.15) is 13.2 Å². The quantitative estimate of drug-likeness (QED) is 0.0243. The summed E-state index contributed by atoms with van der Waals surface area (Å²) >= 11 is 0. The Labute approximate surface area is 402 Å². The van der Waals surface area contributed by atoms with E-state index in [1.807, 2.05) is 21.1 Å². The summed E-state index contributed by atoms with van der Waals surface area (Å²) in [4.78, 5) is 23.3. The Hall–Kier alpha value is -2.06. The van der Waals surface area contributed by atoms with E-state index in [4.69, 9.17) is 9.05 Å². The number of phosphoric acid groups is 1. The number of aliphatic hydroxyl groups is 1. The van der Waals surface area contributed by atoms with Gasteiger partial charge in [-0.15, -0.1) is 0 Å². The first kappa shape index (κ1) is 62.9. The first-order valence-electron chi connectivity index (χ1n) is 26.8. The van der Waals surface area contributed by atoms with E-state index >= 15 is 0 Å². The number of carbonyl (C=O) groups excluding carboxylic acids is 1. The Morgan fingerprint density at radius 3 is 1.35 bits per heavy atom. The SMILES string of the molecule is CC/C=C\C/C=C\C/C=C\C/C=C\C/C=C\C/C=C\CCCCCCC(=O)NC(COP(=O)(O)OCC[N+](C)(C)C)C(O)CCCCCCCCCCCCCCCCCCCCCC. The Balaban J connectivity index is 4.32. The first-order valence-corrected chi connectivity index (χ1v) is 28.3. The summed E-state index contributed by atoms with van der Waals surface area (Å²) in [6.45, 7) is 4.76. The van der Waals surface area contributed by atoms with Crippen molar-refractivity contribution < 1.29 is 32.9 Å². The van der Waals surface area contributed by atoms with Gasteiger partial charge in [-0.05, 0) is 64.2 Å². The average molecular weight is 932 g/mol. The fraction of sp³-hybridized carbons (Fsp3) is 0.768. The lowest BCUT2D eigenvalue weighted by atomic mass is 10.0. The van der Waals surface area contributed by atoms with E-state index in [2.05, 4.69) is 92.1 Å². The molecule has 65 heavy (non-hydrogen) atoms. The van der Waals surface area contributed by atoms with Crippen molar-refractivity contribution in [1.82, 2.24) is 5.32 Å². The molecule has 0 heterocycles. The van der Waals surface area contributed by atoms with E-state index in [0.717, 1.165) is 89.9 Å². The summed E-state index contributed by atoms with van der Waals surface area (Å²) in [5.41, 5.74) is 0. The van der Waals surface area contributed by atoms with Gasteiger partial charge in [-0.25, -0.2) is 4.57 Å². The molecule has 8 nitrogen and oxygen atoms in total. The Morgan fingerprint density at radius 1 is 0.538 bits per heavy atom. The van der Waals surface area contributed by atoms with Crippen molar-refractivity contribution in [2.45, 2.75) is 238 Å². The van der Waals surface area contributed by atoms with Gasteiger partial charge in [0.15, 0.2) is 0 Å². The minimum atomic E-state index is -4.33. The number of rotatable bonds is 48. The number of amides is 1. The highest BCUT2D eigenvalue weighted by Gasteiger charge is 2.28. The van der Waals surface area contributed by atoms with Gasteiger partial charge < -0.3 is 19.8 Å². The maximum atomic E-state index is 13.0. The predicted octanol–water partition coefficient (Wildman–Crippen LogP) is 15.9. The van der Waals surface area contributed by atoms with Crippen molar-refractivity contribution in [2.75, 3.05) is 40.9 Å². The van der Waals surface area contributed by atoms with Gasteiger partial charge in [-0.1, -0.05) is 228 Å². The fourth-order valence-electron chi connectivity index (χ4n) is 7.52. The van der Waals surface area contributed by atoms with Crippen molar-refractivity contribution in [1.29, 1.82) is 0 Å². The molecule has 1 amide bonds. The number of aliphatic hydroxyl groups excluding tert-OH is 1. The van der Waals surface area contributed by atoms with Crippen LogP contribution in [0.5, 0.6) is 0 Å². The second-order valence-corrected chi connectivity index (χ2v) is 20.7. The molecule has 0 aliphatic rings. The minimum absolute atomic E-state index is 0.0658. The Bertz CT molecular complexity index is 1290. The van der Waals surface area contributed by atoms with Gasteiger partial charge in [0, 0.05) is 6.42 Å². The highest BCUT2D eigenvalue weighted by atomic mass is 31.2. The van der Waals surface area contributed by atoms with Gasteiger partial charge in [0.05, 0.1) is 39.9 Å². The number of hydrogen-bond acceptors (Lipinski definition) is 5. The van der Waals surface area contributed by atoms with Crippen LogP contribution in [0.4, 0.5) is 0 Å². The number of nitrogens with one attached hydrogen (secondary N) is 1. The molecule has 0 rings (SSSR count). The molecule has 378 valence electrons. The first-order chi connectivity index (χ1) is 31.5. The maximum absolute atomic E-state index is 13.0. The number of nitrogens with zero attached hydrogens (tertiary/aromatic N) is 1. The van der Waals surface area contributed by atoms with Crippen LogP contribution in [0.3, 0.4) is 0 Å². The van der Waals surface area contributed by atoms with Gasteiger partial charge >= 0.3 is 7.82 Å². The van der Waals surface area contributed by atoms with E-state index in [-0.39, 0.29) is 19.1 Å². The van der Waals surface area contributed by atoms with Crippen LogP contribution in [0.2, 0.25) is 0 Å². The van der Waals surface area contributed by atoms with Crippen LogP contribution in [0.15, 0.2) is 72.9 Å². The van der Waals surface area contributed by atoms with Crippen LogP contribution >= 0.6 is 7.82 Å². The number of hydrogen-bond donors (Lipinski definition) is 3. The van der Waals surface area contributed by atoms with Gasteiger partial charge in [-0.3, -0.25) is 13.8 Å². The van der Waals surface area contributed by atoms with Crippen molar-refractivity contribution in [3.63, 3.8) is 0 Å². The molecule has 3 N–H and O–H groups in total. The summed E-state index contributed by atoms with van der Waals surface area (Å²) in [5, 5.41) is 14.0. The molecule has 3 atom stereocenters. The Morgan fingerprint density at radius 2 is 0.923 bits per heavy atom. The standard InChI is InChI=1S/C56H103N2O6P/c1-6-8-10-12-14-16-18-20-22-24-26-28-29-30-32-34-36-38-40-42-44-46-48-50-56(60)57-54(53-64-65(61,62)63-52-51-58(3,4)5)55(59)49-47-45-43-41-39-37-35-33-31-27-25-23-21-19-17-15-13-11-9-7-2/h8,10,14,16,20,22,26,28,30,32,36,38,54-55,59H,6-7,9,11-13,15,17-19,21,23-25,27,29,31,33-35,37,39-53H2,1-5H3,(H-,57,60,61,62)/p+1/b10-8-,16-14-,22-20-,28-26-,32-30-,38-36-. The molecule has 9 heteroatoms. The monoisotopic (exact) mass is 932 g/mol. The summed E-state index contributed by atoms with van der Waals surface area (Å²) in [6.07, 6.45) is 63.7. The molecule has 0 aromatic heterocycles. The molecule has 0 fully saturated rings. The lowest BCUT2D eigenvalue weighted by Gasteiger charge is -2.26. The van der Waals surface area contributed by atoms with Crippen molar-refractivity contribution >= 4 is 13.7 Å². The van der Waals surface area contributed by atoms with Crippen molar-refractivity contribution in [2.24, 2.45) is 0 Å². The molecule has 0 saturated carbocycles. The van der Waals surface area contributed by atoms with E-state index in [1.165, 1.54) is 109 Å². The molecule has 0 aromatic carbocycles. The highest BCUT2D eigenvalue weighted by Crippen LogP contribution is 2.43. The number of phosphoric ester groups is 1. The number of likely N-dealkylation sites (N-methyl/N-ethyl adjacent to an activating group) is 1. The lowest BCUT2D eigenvalue weighted by Crippen LogP contribution is -2.46. The van der Waals surface area contributed by atoms with Crippen molar-refractivity contribution in [3.05, 3.63) is 72.9 Å². The van der Waals surface area contributed by atoms with Crippen molar-refractivity contribution in [3.8, 4) is 0 Å². The summed E-state index contributed by atoms with van der Waals surface area (Å²) in [6, 6.07) is -0.779. The van der Waals surface area contributed by atoms with Gasteiger partial charge in [0.2, 0.25) is 5.91 Å². The molecule has 0 saturated heterocycles. The maximum Gasteiger partial charge on any atom is 0.472 e. The van der Waals surface area contributed by atoms with Crippen LogP contribution < -0.4 is 5.32 Å². The molecule has 0 aliphatic carbocycles. The summed E-state index contributed by atoms with van der Waals surface area (Å²) in [7, 11) is 1.59. The molecule has 0 bridgehead atoms. The predicted molar refractivity (Wildman–Crippen MR) is 281 cm³/mol. The van der Waals surface area contributed by atoms with E-state index in [0.29, 0.717) is 23.9 Å². The highest BCUT2D eigenvalue weighted by molar-refractivity contribution is 7.47. The molecule has 0 spiro atoms. The largest absolute Gasteiger partial charge is 0.472 e. The van der Waals surface area contributed by atoms with Crippen LogP contribution in [0.25, 0.3) is 0 Å². The molecule has 0 aliphatic heterocycles. The number of allylic oxidation sites excluding steroid dienone is 12. The van der Waals surface area contributed by atoms with E-state index < -0.39 is 20.0 Å². The molecular weight excluding hydrogens is 828 g/mol. The van der Waals surface area contributed by atoms with Crippen LogP contribution in [-0.4, -0.2) is 73.4 Å². The third-order valence-corrected chi connectivity index (χ3v) is 12.7.